The lowest BCUT2D eigenvalue weighted by Crippen LogP contribution is -2.28. The van der Waals surface area contributed by atoms with Gasteiger partial charge in [0, 0.05) is 31.6 Å². The van der Waals surface area contributed by atoms with Gasteiger partial charge in [-0.25, -0.2) is 18.4 Å². The minimum Gasteiger partial charge on any atom is -0.370 e. The van der Waals surface area contributed by atoms with Crippen molar-refractivity contribution in [2.24, 2.45) is 0 Å². The summed E-state index contributed by atoms with van der Waals surface area (Å²) in [6.45, 7) is 8.16. The van der Waals surface area contributed by atoms with Crippen molar-refractivity contribution in [2.45, 2.75) is 33.1 Å². The van der Waals surface area contributed by atoms with E-state index in [1.165, 1.54) is 0 Å². The third kappa shape index (κ3) is 4.30. The highest BCUT2D eigenvalue weighted by Crippen LogP contribution is 2.21. The summed E-state index contributed by atoms with van der Waals surface area (Å²) in [6, 6.07) is 1.91. The topological polar surface area (TPSA) is 75.2 Å². The summed E-state index contributed by atoms with van der Waals surface area (Å²) in [6.07, 6.45) is 0.653. The SMILES string of the molecule is CCNc1cc(N2CCCS(=O)(=O)CC2)nc(C(C)C)n1. The molecule has 1 saturated heterocycles. The van der Waals surface area contributed by atoms with E-state index < -0.39 is 9.84 Å². The molecule has 0 radical (unpaired) electrons. The van der Waals surface area contributed by atoms with Crippen molar-refractivity contribution >= 4 is 21.5 Å². The summed E-state index contributed by atoms with van der Waals surface area (Å²) in [5, 5.41) is 3.22. The van der Waals surface area contributed by atoms with Crippen LogP contribution in [0.15, 0.2) is 6.07 Å². The quantitative estimate of drug-likeness (QED) is 0.911. The Morgan fingerprint density at radius 2 is 2.05 bits per heavy atom. The van der Waals surface area contributed by atoms with Crippen LogP contribution < -0.4 is 10.2 Å². The molecule has 0 saturated carbocycles. The molecule has 0 aromatic carbocycles. The number of aromatic nitrogens is 2. The predicted molar refractivity (Wildman–Crippen MR) is 85.8 cm³/mol. The summed E-state index contributed by atoms with van der Waals surface area (Å²) >= 11 is 0. The summed E-state index contributed by atoms with van der Waals surface area (Å²) in [5.74, 6) is 3.12. The first-order valence-corrected chi connectivity index (χ1v) is 9.31. The smallest absolute Gasteiger partial charge is 0.152 e. The molecule has 2 rings (SSSR count). The Hall–Kier alpha value is -1.37. The Kier molecular flexibility index (Phi) is 5.03. The molecule has 1 aliphatic rings. The third-order valence-corrected chi connectivity index (χ3v) is 5.20. The number of nitrogens with zero attached hydrogens (tertiary/aromatic N) is 3. The lowest BCUT2D eigenvalue weighted by Gasteiger charge is -2.22. The van der Waals surface area contributed by atoms with Crippen molar-refractivity contribution in [3.05, 3.63) is 11.9 Å². The molecule has 0 bridgehead atoms. The van der Waals surface area contributed by atoms with E-state index >= 15 is 0 Å². The van der Waals surface area contributed by atoms with Gasteiger partial charge in [-0.15, -0.1) is 0 Å². The molecule has 7 heteroatoms. The second kappa shape index (κ2) is 6.60. The molecular weight excluding hydrogens is 288 g/mol. The van der Waals surface area contributed by atoms with E-state index in [2.05, 4.69) is 34.0 Å². The zero-order valence-electron chi connectivity index (χ0n) is 13.0. The highest BCUT2D eigenvalue weighted by Gasteiger charge is 2.21. The molecule has 0 spiro atoms. The van der Waals surface area contributed by atoms with Gasteiger partial charge in [-0.05, 0) is 13.3 Å². The lowest BCUT2D eigenvalue weighted by atomic mass is 10.2. The second-order valence-corrected chi connectivity index (χ2v) is 7.95. The van der Waals surface area contributed by atoms with E-state index in [-0.39, 0.29) is 17.4 Å². The monoisotopic (exact) mass is 312 g/mol. The van der Waals surface area contributed by atoms with Crippen LogP contribution in [0.3, 0.4) is 0 Å². The van der Waals surface area contributed by atoms with Gasteiger partial charge in [-0.2, -0.15) is 0 Å². The minimum absolute atomic E-state index is 0.199. The molecule has 1 aliphatic heterocycles. The van der Waals surface area contributed by atoms with Crippen molar-refractivity contribution < 1.29 is 8.42 Å². The van der Waals surface area contributed by atoms with Gasteiger partial charge in [-0.1, -0.05) is 13.8 Å². The normalized spacial score (nSPS) is 18.6. The Balaban J connectivity index is 2.29. The fourth-order valence-corrected chi connectivity index (χ4v) is 3.58. The maximum atomic E-state index is 11.7. The van der Waals surface area contributed by atoms with Crippen molar-refractivity contribution in [3.63, 3.8) is 0 Å². The number of sulfone groups is 1. The average Bonchev–Trinajstić information content (AvgIpc) is 2.59. The van der Waals surface area contributed by atoms with Crippen LogP contribution in [0, 0.1) is 0 Å². The van der Waals surface area contributed by atoms with Gasteiger partial charge < -0.3 is 10.2 Å². The second-order valence-electron chi connectivity index (χ2n) is 5.65. The van der Waals surface area contributed by atoms with E-state index in [1.54, 1.807) is 0 Å². The van der Waals surface area contributed by atoms with E-state index in [0.717, 1.165) is 30.5 Å². The number of rotatable bonds is 4. The van der Waals surface area contributed by atoms with Crippen molar-refractivity contribution in [3.8, 4) is 0 Å². The molecule has 1 fully saturated rings. The fraction of sp³-hybridized carbons (Fsp3) is 0.714. The molecule has 6 nitrogen and oxygen atoms in total. The largest absolute Gasteiger partial charge is 0.370 e. The van der Waals surface area contributed by atoms with Gasteiger partial charge in [0.2, 0.25) is 0 Å². The average molecular weight is 312 g/mol. The number of nitrogens with one attached hydrogen (secondary N) is 1. The molecular formula is C14H24N4O2S. The molecule has 0 amide bonds. The van der Waals surface area contributed by atoms with Crippen LogP contribution >= 0.6 is 0 Å². The molecule has 2 heterocycles. The Labute approximate surface area is 126 Å². The van der Waals surface area contributed by atoms with Gasteiger partial charge in [0.05, 0.1) is 11.5 Å². The Morgan fingerprint density at radius 1 is 1.29 bits per heavy atom. The van der Waals surface area contributed by atoms with Gasteiger partial charge >= 0.3 is 0 Å². The Morgan fingerprint density at radius 3 is 2.71 bits per heavy atom. The van der Waals surface area contributed by atoms with Gasteiger partial charge in [0.25, 0.3) is 0 Å². The van der Waals surface area contributed by atoms with E-state index in [4.69, 9.17) is 0 Å². The van der Waals surface area contributed by atoms with E-state index in [1.807, 2.05) is 13.0 Å². The van der Waals surface area contributed by atoms with E-state index in [0.29, 0.717) is 13.0 Å². The van der Waals surface area contributed by atoms with Crippen LogP contribution in [-0.2, 0) is 9.84 Å². The summed E-state index contributed by atoms with van der Waals surface area (Å²) in [7, 11) is -2.91. The third-order valence-electron chi connectivity index (χ3n) is 3.48. The standard InChI is InChI=1S/C14H24N4O2S/c1-4-15-12-10-13(17-14(16-12)11(2)3)18-6-5-8-21(19,20)9-7-18/h10-11H,4-9H2,1-3H3,(H,15,16,17). The molecule has 21 heavy (non-hydrogen) atoms. The van der Waals surface area contributed by atoms with Gasteiger partial charge in [0.1, 0.15) is 17.5 Å². The molecule has 1 N–H and O–H groups in total. The molecule has 0 aliphatic carbocycles. The van der Waals surface area contributed by atoms with Gasteiger partial charge in [-0.3, -0.25) is 0 Å². The molecule has 1 aromatic rings. The fourth-order valence-electron chi connectivity index (χ4n) is 2.31. The minimum atomic E-state index is -2.91. The Bertz CT molecular complexity index is 587. The van der Waals surface area contributed by atoms with Crippen molar-refractivity contribution in [1.29, 1.82) is 0 Å². The van der Waals surface area contributed by atoms with Crippen LogP contribution in [0.4, 0.5) is 11.6 Å². The summed E-state index contributed by atoms with van der Waals surface area (Å²) in [5.41, 5.74) is 0. The maximum absolute atomic E-state index is 11.7. The van der Waals surface area contributed by atoms with Crippen molar-refractivity contribution in [2.75, 3.05) is 41.4 Å². The predicted octanol–water partition coefficient (Wildman–Crippen LogP) is 1.66. The number of anilines is 2. The highest BCUT2D eigenvalue weighted by molar-refractivity contribution is 7.91. The first-order valence-electron chi connectivity index (χ1n) is 7.49. The summed E-state index contributed by atoms with van der Waals surface area (Å²) < 4.78 is 23.4. The van der Waals surface area contributed by atoms with Crippen LogP contribution in [0.2, 0.25) is 0 Å². The molecule has 0 unspecified atom stereocenters. The maximum Gasteiger partial charge on any atom is 0.152 e. The zero-order valence-corrected chi connectivity index (χ0v) is 13.8. The first-order chi connectivity index (χ1) is 9.91. The molecule has 1 aromatic heterocycles. The van der Waals surface area contributed by atoms with Gasteiger partial charge in [0.15, 0.2) is 9.84 Å². The zero-order chi connectivity index (χ0) is 15.5. The first kappa shape index (κ1) is 16.0. The van der Waals surface area contributed by atoms with E-state index in [9.17, 15) is 8.42 Å². The van der Waals surface area contributed by atoms with Crippen LogP contribution in [-0.4, -0.2) is 49.5 Å². The van der Waals surface area contributed by atoms with Crippen LogP contribution in [0.25, 0.3) is 0 Å². The number of hydrogen-bond donors (Lipinski definition) is 1. The van der Waals surface area contributed by atoms with Crippen LogP contribution in [0.5, 0.6) is 0 Å². The summed E-state index contributed by atoms with van der Waals surface area (Å²) in [4.78, 5) is 11.2. The highest BCUT2D eigenvalue weighted by atomic mass is 32.2. The number of hydrogen-bond acceptors (Lipinski definition) is 6. The molecule has 118 valence electrons. The van der Waals surface area contributed by atoms with Crippen molar-refractivity contribution in [1.82, 2.24) is 9.97 Å². The molecule has 0 atom stereocenters. The van der Waals surface area contributed by atoms with Crippen LogP contribution in [0.1, 0.15) is 38.9 Å². The lowest BCUT2D eigenvalue weighted by molar-refractivity contribution is 0.597.